The van der Waals surface area contributed by atoms with Crippen molar-refractivity contribution in [2.24, 2.45) is 0 Å². The van der Waals surface area contributed by atoms with Crippen molar-refractivity contribution >= 4 is 18.4 Å². The van der Waals surface area contributed by atoms with E-state index in [0.717, 1.165) is 25.9 Å². The van der Waals surface area contributed by atoms with E-state index in [1.165, 1.54) is 6.07 Å². The quantitative estimate of drug-likeness (QED) is 0.427. The van der Waals surface area contributed by atoms with Crippen LogP contribution in [0.5, 0.6) is 0 Å². The number of hydrogen-bond acceptors (Lipinski definition) is 6. The molecule has 0 aromatic heterocycles. The number of rotatable bonds is 5. The van der Waals surface area contributed by atoms with Gasteiger partial charge in [-0.25, -0.2) is 0 Å². The molecule has 1 aromatic rings. The van der Waals surface area contributed by atoms with E-state index in [1.807, 2.05) is 4.81 Å². The second-order valence-electron chi connectivity index (χ2n) is 5.35. The maximum absolute atomic E-state index is 11.1. The minimum absolute atomic E-state index is 0.0143. The van der Waals surface area contributed by atoms with E-state index in [9.17, 15) is 15.1 Å². The summed E-state index contributed by atoms with van der Waals surface area (Å²) < 4.78 is 0. The van der Waals surface area contributed by atoms with Crippen molar-refractivity contribution in [3.63, 3.8) is 0 Å². The van der Waals surface area contributed by atoms with Gasteiger partial charge < -0.3 is 20.3 Å². The molecule has 1 saturated heterocycles. The Hall–Kier alpha value is -1.64. The number of benzene rings is 1. The van der Waals surface area contributed by atoms with Crippen LogP contribution >= 0.6 is 0 Å². The van der Waals surface area contributed by atoms with Gasteiger partial charge in [-0.3, -0.25) is 10.1 Å². The van der Waals surface area contributed by atoms with Gasteiger partial charge in [0.15, 0.2) is 0 Å². The van der Waals surface area contributed by atoms with Crippen molar-refractivity contribution in [3.05, 3.63) is 33.9 Å². The molecule has 7 nitrogen and oxygen atoms in total. The summed E-state index contributed by atoms with van der Waals surface area (Å²) in [6, 6.07) is 4.87. The van der Waals surface area contributed by atoms with Gasteiger partial charge in [0.25, 0.3) is 5.69 Å². The predicted octanol–water partition coefficient (Wildman–Crippen LogP) is 1.07. The predicted molar refractivity (Wildman–Crippen MR) is 81.1 cm³/mol. The molecule has 0 saturated carbocycles. The number of nitro groups is 1. The second-order valence-corrected chi connectivity index (χ2v) is 5.35. The Kier molecular flexibility index (Phi) is 5.16. The summed E-state index contributed by atoms with van der Waals surface area (Å²) in [6.07, 6.45) is 1.65. The average Bonchev–Trinajstić information content (AvgIpc) is 2.48. The molecule has 0 bridgehead atoms. The van der Waals surface area contributed by atoms with Crippen LogP contribution in [-0.4, -0.2) is 46.0 Å². The van der Waals surface area contributed by atoms with E-state index < -0.39 is 12.0 Å². The molecule has 21 heavy (non-hydrogen) atoms. The lowest BCUT2D eigenvalue weighted by Crippen LogP contribution is -2.45. The van der Waals surface area contributed by atoms with Gasteiger partial charge in [-0.15, -0.1) is 0 Å². The molecule has 114 valence electrons. The summed E-state index contributed by atoms with van der Waals surface area (Å²) in [7, 11) is -0.455. The molecule has 0 unspecified atom stereocenters. The summed E-state index contributed by atoms with van der Waals surface area (Å²) in [5.41, 5.74) is 0.989. The van der Waals surface area contributed by atoms with Gasteiger partial charge in [0.2, 0.25) is 0 Å². The van der Waals surface area contributed by atoms with Gasteiger partial charge in [-0.2, -0.15) is 0 Å². The van der Waals surface area contributed by atoms with Crippen LogP contribution in [0.1, 0.15) is 18.4 Å². The molecule has 1 heterocycles. The van der Waals surface area contributed by atoms with Gasteiger partial charge in [0, 0.05) is 12.1 Å². The molecule has 1 aromatic carbocycles. The van der Waals surface area contributed by atoms with E-state index >= 15 is 0 Å². The minimum atomic E-state index is -0.455. The summed E-state index contributed by atoms with van der Waals surface area (Å²) in [4.78, 5) is 12.7. The third-order valence-electron chi connectivity index (χ3n) is 3.86. The molecule has 0 amide bonds. The number of nitrogens with zero attached hydrogens (tertiary/aromatic N) is 2. The van der Waals surface area contributed by atoms with Crippen molar-refractivity contribution in [1.29, 1.82) is 0 Å². The van der Waals surface area contributed by atoms with E-state index in [0.29, 0.717) is 11.3 Å². The number of hydrogen-bond donors (Lipinski definition) is 3. The van der Waals surface area contributed by atoms with E-state index in [4.69, 9.17) is 5.11 Å². The highest BCUT2D eigenvalue weighted by atomic mass is 16.6. The minimum Gasteiger partial charge on any atom is -0.437 e. The molecule has 3 N–H and O–H groups in total. The third kappa shape index (κ3) is 3.93. The molecule has 1 aliphatic rings. The van der Waals surface area contributed by atoms with Gasteiger partial charge in [-0.05, 0) is 44.4 Å². The van der Waals surface area contributed by atoms with Crippen LogP contribution in [0.2, 0.25) is 6.82 Å². The first-order valence-electron chi connectivity index (χ1n) is 7.08. The number of aliphatic hydroxyl groups is 1. The molecule has 0 radical (unpaired) electrons. The monoisotopic (exact) mass is 293 g/mol. The molecule has 8 heteroatoms. The fourth-order valence-electron chi connectivity index (χ4n) is 2.59. The molecule has 1 aliphatic heterocycles. The first-order chi connectivity index (χ1) is 10.0. The first-order valence-corrected chi connectivity index (χ1v) is 7.08. The zero-order valence-electron chi connectivity index (χ0n) is 12.0. The summed E-state index contributed by atoms with van der Waals surface area (Å²) in [6.45, 7) is 3.05. The number of piperidine rings is 1. The van der Waals surface area contributed by atoms with Crippen LogP contribution in [0.3, 0.4) is 0 Å². The number of nitro benzene ring substituents is 1. The molecular formula is C13H20BN3O4. The standard InChI is InChI=1S/C13H20BN3O4/c1-14(19)16-6-4-11(5-7-16)15-12-3-2-10(9-18)8-13(12)17(20)21/h2-3,8,11,15,18-19H,4-7,9H2,1H3. The molecular weight excluding hydrogens is 273 g/mol. The zero-order valence-corrected chi connectivity index (χ0v) is 12.0. The van der Waals surface area contributed by atoms with Crippen molar-refractivity contribution in [3.8, 4) is 0 Å². The van der Waals surface area contributed by atoms with Crippen LogP contribution < -0.4 is 5.32 Å². The van der Waals surface area contributed by atoms with Crippen LogP contribution in [0.25, 0.3) is 0 Å². The lowest BCUT2D eigenvalue weighted by Gasteiger charge is -2.33. The molecule has 2 rings (SSSR count). The van der Waals surface area contributed by atoms with E-state index in [1.54, 1.807) is 19.0 Å². The summed E-state index contributed by atoms with van der Waals surface area (Å²) >= 11 is 0. The van der Waals surface area contributed by atoms with Gasteiger partial charge in [-0.1, -0.05) is 6.07 Å². The van der Waals surface area contributed by atoms with E-state index in [2.05, 4.69) is 5.32 Å². The fourth-order valence-corrected chi connectivity index (χ4v) is 2.59. The molecule has 0 spiro atoms. The molecule has 0 atom stereocenters. The third-order valence-corrected chi connectivity index (χ3v) is 3.86. The Balaban J connectivity index is 2.05. The Morgan fingerprint density at radius 1 is 1.48 bits per heavy atom. The Bertz CT molecular complexity index is 504. The fraction of sp³-hybridized carbons (Fsp3) is 0.538. The van der Waals surface area contributed by atoms with Gasteiger partial charge in [0.1, 0.15) is 5.69 Å². The topological polar surface area (TPSA) is 98.9 Å². The van der Waals surface area contributed by atoms with Crippen molar-refractivity contribution in [2.45, 2.75) is 32.3 Å². The summed E-state index contributed by atoms with van der Waals surface area (Å²) in [5, 5.41) is 32.9. The van der Waals surface area contributed by atoms with E-state index in [-0.39, 0.29) is 18.3 Å². The number of nitrogens with one attached hydrogen (secondary N) is 1. The maximum Gasteiger partial charge on any atom is 0.376 e. The lowest BCUT2D eigenvalue weighted by molar-refractivity contribution is -0.384. The normalized spacial score (nSPS) is 16.7. The molecule has 1 fully saturated rings. The lowest BCUT2D eigenvalue weighted by atomic mass is 9.82. The second kappa shape index (κ2) is 6.88. The Labute approximate surface area is 123 Å². The van der Waals surface area contributed by atoms with Crippen LogP contribution in [-0.2, 0) is 6.61 Å². The zero-order chi connectivity index (χ0) is 15.4. The Morgan fingerprint density at radius 2 is 2.14 bits per heavy atom. The maximum atomic E-state index is 11.1. The molecule has 0 aliphatic carbocycles. The Morgan fingerprint density at radius 3 is 2.67 bits per heavy atom. The highest BCUT2D eigenvalue weighted by Gasteiger charge is 2.25. The van der Waals surface area contributed by atoms with Crippen molar-refractivity contribution in [1.82, 2.24) is 4.81 Å². The van der Waals surface area contributed by atoms with Crippen LogP contribution in [0, 0.1) is 10.1 Å². The van der Waals surface area contributed by atoms with Crippen molar-refractivity contribution < 1.29 is 15.1 Å². The first kappa shape index (κ1) is 15.7. The number of aliphatic hydroxyl groups excluding tert-OH is 1. The van der Waals surface area contributed by atoms with Crippen LogP contribution in [0.15, 0.2) is 18.2 Å². The highest BCUT2D eigenvalue weighted by molar-refractivity contribution is 6.45. The largest absolute Gasteiger partial charge is 0.437 e. The van der Waals surface area contributed by atoms with Gasteiger partial charge >= 0.3 is 7.05 Å². The highest BCUT2D eigenvalue weighted by Crippen LogP contribution is 2.28. The van der Waals surface area contributed by atoms with Gasteiger partial charge in [0.05, 0.1) is 11.5 Å². The van der Waals surface area contributed by atoms with Crippen molar-refractivity contribution in [2.75, 3.05) is 18.4 Å². The average molecular weight is 293 g/mol. The smallest absolute Gasteiger partial charge is 0.376 e. The summed E-state index contributed by atoms with van der Waals surface area (Å²) in [5.74, 6) is 0. The van der Waals surface area contributed by atoms with Crippen LogP contribution in [0.4, 0.5) is 11.4 Å². The number of anilines is 1. The SMILES string of the molecule is CB(O)N1CCC(Nc2ccc(CO)cc2[N+](=O)[O-])CC1.